The molecular weight excluding hydrogens is 927 g/mol. The van der Waals surface area contributed by atoms with Gasteiger partial charge in [0.05, 0.1) is 18.8 Å². The van der Waals surface area contributed by atoms with Crippen molar-refractivity contribution in [2.45, 2.75) is 165 Å². The molecule has 0 aliphatic carbocycles. The lowest BCUT2D eigenvalue weighted by Gasteiger charge is -2.47. The number of carbonyl (C=O) groups is 2. The van der Waals surface area contributed by atoms with Gasteiger partial charge in [0.2, 0.25) is 5.91 Å². The standard InChI is InChI=1S/C55H75N3O14/c1-5-34(36-15-19-44(63)40(27-36)38-25-32(21-23-56)13-17-42(38)61)11-9-7-8-10-12-35(6-2)37-16-20-45(64)41(28-37)39-26-33(14-18-43(39)62)22-24-57-54(69)53-50(67)49(66)51(68)55(72-53)71-52-47(58-31(4)60)30(3)70-46(29-59)48(52)65/h13-20,25-28,30,34-35,46-53,55,59,61-68H,5-12,21-24,29,56H2,1-4H3,(H,57,69)(H,58,60). The van der Waals surface area contributed by atoms with Crippen LogP contribution in [-0.2, 0) is 36.6 Å². The van der Waals surface area contributed by atoms with Gasteiger partial charge in [-0.3, -0.25) is 9.59 Å². The minimum atomic E-state index is -1.90. The van der Waals surface area contributed by atoms with Crippen molar-refractivity contribution < 1.29 is 69.8 Å². The van der Waals surface area contributed by atoms with Gasteiger partial charge in [0.1, 0.15) is 59.6 Å². The second kappa shape index (κ2) is 26.0. The Kier molecular flexibility index (Phi) is 20.2. The maximum atomic E-state index is 13.4. The molecule has 2 saturated heterocycles. The Morgan fingerprint density at radius 1 is 0.667 bits per heavy atom. The number of hydrogen-bond acceptors (Lipinski definition) is 15. The van der Waals surface area contributed by atoms with Crippen LogP contribution in [-0.4, -0.2) is 139 Å². The van der Waals surface area contributed by atoms with Gasteiger partial charge in [0.15, 0.2) is 12.4 Å². The minimum Gasteiger partial charge on any atom is -0.507 e. The minimum absolute atomic E-state index is 0.00328. The van der Waals surface area contributed by atoms with Gasteiger partial charge in [0, 0.05) is 35.7 Å². The highest BCUT2D eigenvalue weighted by atomic mass is 16.7. The molecule has 2 amide bonds. The number of nitrogens with two attached hydrogens (primary N) is 1. The van der Waals surface area contributed by atoms with Crippen molar-refractivity contribution in [3.05, 3.63) is 95.1 Å². The Hall–Kier alpha value is -5.34. The fourth-order valence-electron chi connectivity index (χ4n) is 10.1. The summed E-state index contributed by atoms with van der Waals surface area (Å²) in [4.78, 5) is 25.4. The van der Waals surface area contributed by atoms with Crippen LogP contribution in [0.25, 0.3) is 22.3 Å². The molecule has 0 spiro atoms. The van der Waals surface area contributed by atoms with Gasteiger partial charge in [-0.05, 0) is 135 Å². The third kappa shape index (κ3) is 13.6. The van der Waals surface area contributed by atoms with E-state index in [9.17, 15) is 55.5 Å². The largest absolute Gasteiger partial charge is 0.507 e. The van der Waals surface area contributed by atoms with Crippen molar-refractivity contribution >= 4 is 11.8 Å². The maximum Gasteiger partial charge on any atom is 0.252 e. The first-order valence-corrected chi connectivity index (χ1v) is 25.3. The number of phenols is 4. The molecule has 12 atom stereocenters. The quantitative estimate of drug-likeness (QED) is 0.0442. The van der Waals surface area contributed by atoms with E-state index in [0.29, 0.717) is 46.7 Å². The Morgan fingerprint density at radius 2 is 1.17 bits per heavy atom. The first-order valence-electron chi connectivity index (χ1n) is 25.3. The Morgan fingerprint density at radius 3 is 1.65 bits per heavy atom. The highest BCUT2D eigenvalue weighted by Crippen LogP contribution is 2.41. The highest BCUT2D eigenvalue weighted by molar-refractivity contribution is 5.82. The number of amides is 2. The third-order valence-corrected chi connectivity index (χ3v) is 14.3. The maximum absolute atomic E-state index is 13.4. The van der Waals surface area contributed by atoms with Gasteiger partial charge >= 0.3 is 0 Å². The number of aliphatic hydroxyl groups excluding tert-OH is 5. The predicted molar refractivity (Wildman–Crippen MR) is 270 cm³/mol. The average Bonchev–Trinajstić information content (AvgIpc) is 3.36. The van der Waals surface area contributed by atoms with Gasteiger partial charge < -0.3 is 76.5 Å². The number of carbonyl (C=O) groups excluding carboxylic acids is 2. The van der Waals surface area contributed by atoms with Crippen molar-refractivity contribution in [2.75, 3.05) is 19.7 Å². The molecule has 2 fully saturated rings. The molecule has 0 bridgehead atoms. The normalized spacial score (nSPS) is 25.1. The molecule has 72 heavy (non-hydrogen) atoms. The lowest BCUT2D eigenvalue weighted by molar-refractivity contribution is -0.323. The first-order chi connectivity index (χ1) is 34.5. The number of phenolic OH excluding ortho intramolecular Hbond substituents is 4. The SMILES string of the molecule is CCC(CCCCCCC(CC)c1ccc(O)c(-c2cc(CCNC(=O)C3OC(OC4C(O)C(CO)OC(C)C4NC(C)=O)C(O)C(O)C3O)ccc2O)c1)c1ccc(O)c(-c2cc(CCN)ccc2O)c1. The monoisotopic (exact) mass is 1000 g/mol. The first kappa shape index (κ1) is 56.0. The Bertz CT molecular complexity index is 2420. The van der Waals surface area contributed by atoms with Crippen LogP contribution in [0.2, 0.25) is 0 Å². The van der Waals surface area contributed by atoms with Gasteiger partial charge in [-0.1, -0.05) is 63.8 Å². The van der Waals surface area contributed by atoms with Crippen molar-refractivity contribution in [1.29, 1.82) is 0 Å². The lowest BCUT2D eigenvalue weighted by atomic mass is 9.87. The molecule has 2 aliphatic rings. The van der Waals surface area contributed by atoms with E-state index in [1.165, 1.54) is 13.0 Å². The topological polar surface area (TPSA) is 294 Å². The van der Waals surface area contributed by atoms with Crippen molar-refractivity contribution in [1.82, 2.24) is 10.6 Å². The van der Waals surface area contributed by atoms with Crippen LogP contribution in [0.1, 0.15) is 113 Å². The summed E-state index contributed by atoms with van der Waals surface area (Å²) in [6.45, 7) is 7.06. The van der Waals surface area contributed by atoms with E-state index in [1.807, 2.05) is 36.4 Å². The summed E-state index contributed by atoms with van der Waals surface area (Å²) in [6, 6.07) is 20.5. The highest BCUT2D eigenvalue weighted by Gasteiger charge is 2.51. The molecule has 0 saturated carbocycles. The summed E-state index contributed by atoms with van der Waals surface area (Å²) in [5.74, 6) is -0.601. The van der Waals surface area contributed by atoms with E-state index < -0.39 is 79.6 Å². The molecule has 4 aromatic rings. The number of rotatable bonds is 23. The lowest BCUT2D eigenvalue weighted by Crippen LogP contribution is -2.67. The molecule has 6 rings (SSSR count). The molecule has 2 aliphatic heterocycles. The molecule has 2 heterocycles. The molecule has 0 radical (unpaired) electrons. The van der Waals surface area contributed by atoms with E-state index >= 15 is 0 Å². The van der Waals surface area contributed by atoms with Crippen molar-refractivity contribution in [3.8, 4) is 45.3 Å². The smallest absolute Gasteiger partial charge is 0.252 e. The van der Waals surface area contributed by atoms with Crippen LogP contribution in [0.15, 0.2) is 72.8 Å². The van der Waals surface area contributed by atoms with Gasteiger partial charge in [-0.25, -0.2) is 0 Å². The number of nitrogens with one attached hydrogen (secondary N) is 2. The van der Waals surface area contributed by atoms with E-state index in [-0.39, 0.29) is 41.9 Å². The molecule has 394 valence electrons. The summed E-state index contributed by atoms with van der Waals surface area (Å²) in [6.07, 6.45) is -4.95. The van der Waals surface area contributed by atoms with E-state index in [1.54, 1.807) is 37.3 Å². The second-order valence-electron chi connectivity index (χ2n) is 19.3. The molecule has 13 N–H and O–H groups in total. The number of hydrogen-bond donors (Lipinski definition) is 12. The van der Waals surface area contributed by atoms with E-state index in [2.05, 4.69) is 24.5 Å². The van der Waals surface area contributed by atoms with Crippen LogP contribution >= 0.6 is 0 Å². The number of ether oxygens (including phenoxy) is 3. The summed E-state index contributed by atoms with van der Waals surface area (Å²) >= 11 is 0. The van der Waals surface area contributed by atoms with Crippen LogP contribution < -0.4 is 16.4 Å². The third-order valence-electron chi connectivity index (χ3n) is 14.3. The second-order valence-corrected chi connectivity index (χ2v) is 19.3. The van der Waals surface area contributed by atoms with E-state index in [0.717, 1.165) is 68.1 Å². The van der Waals surface area contributed by atoms with Crippen LogP contribution in [0.4, 0.5) is 0 Å². The Balaban J connectivity index is 1.02. The zero-order chi connectivity index (χ0) is 52.2. The zero-order valence-corrected chi connectivity index (χ0v) is 41.7. The van der Waals surface area contributed by atoms with E-state index in [4.69, 9.17) is 19.9 Å². The van der Waals surface area contributed by atoms with Gasteiger partial charge in [-0.2, -0.15) is 0 Å². The summed E-state index contributed by atoms with van der Waals surface area (Å²) in [7, 11) is 0. The van der Waals surface area contributed by atoms with Crippen LogP contribution in [0, 0.1) is 0 Å². The summed E-state index contributed by atoms with van der Waals surface area (Å²) < 4.78 is 17.2. The number of benzene rings is 4. The fourth-order valence-corrected chi connectivity index (χ4v) is 10.1. The summed E-state index contributed by atoms with van der Waals surface area (Å²) in [5.41, 5.74) is 11.7. The van der Waals surface area contributed by atoms with Crippen molar-refractivity contribution in [2.24, 2.45) is 5.73 Å². The number of aromatic hydroxyl groups is 4. The Labute approximate surface area is 421 Å². The van der Waals surface area contributed by atoms with Crippen molar-refractivity contribution in [3.63, 3.8) is 0 Å². The van der Waals surface area contributed by atoms with Crippen LogP contribution in [0.3, 0.4) is 0 Å². The van der Waals surface area contributed by atoms with Gasteiger partial charge in [-0.15, -0.1) is 0 Å². The summed E-state index contributed by atoms with van der Waals surface area (Å²) in [5, 5.41) is 102. The van der Waals surface area contributed by atoms with Gasteiger partial charge in [0.25, 0.3) is 5.91 Å². The number of unbranched alkanes of at least 4 members (excludes halogenated alkanes) is 3. The molecular formula is C55H75N3O14. The number of aliphatic hydroxyl groups is 5. The molecule has 17 heteroatoms. The molecule has 0 aromatic heterocycles. The molecule has 17 nitrogen and oxygen atoms in total. The molecule has 4 aromatic carbocycles. The molecule has 12 unspecified atom stereocenters. The fraction of sp³-hybridized carbons (Fsp3) is 0.527. The van der Waals surface area contributed by atoms with Crippen LogP contribution in [0.5, 0.6) is 23.0 Å². The zero-order valence-electron chi connectivity index (χ0n) is 41.7. The predicted octanol–water partition coefficient (Wildman–Crippen LogP) is 4.87. The average molecular weight is 1000 g/mol.